The summed E-state index contributed by atoms with van der Waals surface area (Å²) in [4.78, 5) is 25.3. The average molecular weight is 356 g/mol. The highest BCUT2D eigenvalue weighted by atomic mass is 79.9. The van der Waals surface area contributed by atoms with Gasteiger partial charge in [0.25, 0.3) is 5.91 Å². The number of aryl methyl sites for hydroxylation is 1. The van der Waals surface area contributed by atoms with E-state index in [1.165, 1.54) is 4.90 Å². The van der Waals surface area contributed by atoms with E-state index in [1.54, 1.807) is 6.07 Å². The number of carbonyl (C=O) groups excluding carboxylic acids is 1. The van der Waals surface area contributed by atoms with E-state index in [4.69, 9.17) is 9.84 Å². The molecule has 0 bridgehead atoms. The fourth-order valence-corrected chi connectivity index (χ4v) is 2.85. The Balaban J connectivity index is 2.28. The Bertz CT molecular complexity index is 540. The number of halogens is 1. The van der Waals surface area contributed by atoms with E-state index in [0.29, 0.717) is 31.6 Å². The highest BCUT2D eigenvalue weighted by Crippen LogP contribution is 2.21. The SMILES string of the molecule is Cc1ccc(Br)cc1C(=O)N(CC(=O)O)C1CCOCC1. The van der Waals surface area contributed by atoms with Crippen molar-refractivity contribution in [2.75, 3.05) is 19.8 Å². The highest BCUT2D eigenvalue weighted by molar-refractivity contribution is 9.10. The first-order valence-corrected chi connectivity index (χ1v) is 7.65. The topological polar surface area (TPSA) is 66.8 Å². The van der Waals surface area contributed by atoms with Crippen LogP contribution in [0.3, 0.4) is 0 Å². The maximum Gasteiger partial charge on any atom is 0.323 e. The van der Waals surface area contributed by atoms with Crippen LogP contribution in [-0.2, 0) is 9.53 Å². The van der Waals surface area contributed by atoms with E-state index in [9.17, 15) is 9.59 Å². The van der Waals surface area contributed by atoms with Gasteiger partial charge in [-0.05, 0) is 37.5 Å². The summed E-state index contributed by atoms with van der Waals surface area (Å²) in [5.41, 5.74) is 1.38. The van der Waals surface area contributed by atoms with Gasteiger partial charge in [-0.1, -0.05) is 22.0 Å². The van der Waals surface area contributed by atoms with Crippen LogP contribution in [0.4, 0.5) is 0 Å². The van der Waals surface area contributed by atoms with Gasteiger partial charge < -0.3 is 14.7 Å². The summed E-state index contributed by atoms with van der Waals surface area (Å²) in [7, 11) is 0. The van der Waals surface area contributed by atoms with Crippen molar-refractivity contribution in [2.45, 2.75) is 25.8 Å². The van der Waals surface area contributed by atoms with Gasteiger partial charge in [0.05, 0.1) is 0 Å². The maximum atomic E-state index is 12.8. The lowest BCUT2D eigenvalue weighted by Gasteiger charge is -2.33. The quantitative estimate of drug-likeness (QED) is 0.900. The number of carboxylic acids is 1. The first kappa shape index (κ1) is 16.0. The maximum absolute atomic E-state index is 12.8. The molecule has 5 nitrogen and oxygen atoms in total. The Labute approximate surface area is 132 Å². The third kappa shape index (κ3) is 4.04. The second kappa shape index (κ2) is 7.04. The molecule has 0 aromatic heterocycles. The molecule has 0 spiro atoms. The number of ether oxygens (including phenoxy) is 1. The summed E-state index contributed by atoms with van der Waals surface area (Å²) in [5.74, 6) is -1.23. The van der Waals surface area contributed by atoms with Crippen molar-refractivity contribution in [3.05, 3.63) is 33.8 Å². The molecule has 6 heteroatoms. The number of amides is 1. The Hall–Kier alpha value is -1.40. The van der Waals surface area contributed by atoms with Gasteiger partial charge in [0.15, 0.2) is 0 Å². The zero-order valence-electron chi connectivity index (χ0n) is 11.8. The lowest BCUT2D eigenvalue weighted by Crippen LogP contribution is -2.46. The first-order valence-electron chi connectivity index (χ1n) is 6.85. The second-order valence-electron chi connectivity index (χ2n) is 5.13. The van der Waals surface area contributed by atoms with Crippen LogP contribution in [0, 0.1) is 6.92 Å². The number of hydrogen-bond donors (Lipinski definition) is 1. The van der Waals surface area contributed by atoms with Gasteiger partial charge in [-0.2, -0.15) is 0 Å². The number of nitrogens with zero attached hydrogens (tertiary/aromatic N) is 1. The molecule has 21 heavy (non-hydrogen) atoms. The van der Waals surface area contributed by atoms with Gasteiger partial charge in [-0.25, -0.2) is 0 Å². The Morgan fingerprint density at radius 3 is 2.67 bits per heavy atom. The van der Waals surface area contributed by atoms with Crippen molar-refractivity contribution < 1.29 is 19.4 Å². The van der Waals surface area contributed by atoms with Gasteiger partial charge in [0, 0.05) is 29.3 Å². The molecular formula is C15H18BrNO4. The monoisotopic (exact) mass is 355 g/mol. The van der Waals surface area contributed by atoms with E-state index in [0.717, 1.165) is 10.0 Å². The molecule has 0 unspecified atom stereocenters. The third-order valence-electron chi connectivity index (χ3n) is 3.63. The lowest BCUT2D eigenvalue weighted by atomic mass is 10.0. The normalized spacial score (nSPS) is 15.7. The van der Waals surface area contributed by atoms with Crippen molar-refractivity contribution in [3.8, 4) is 0 Å². The van der Waals surface area contributed by atoms with E-state index in [-0.39, 0.29) is 18.5 Å². The van der Waals surface area contributed by atoms with Crippen LogP contribution < -0.4 is 0 Å². The van der Waals surface area contributed by atoms with Gasteiger partial charge in [0.2, 0.25) is 0 Å². The molecule has 0 saturated carbocycles. The van der Waals surface area contributed by atoms with E-state index in [2.05, 4.69) is 15.9 Å². The predicted molar refractivity (Wildman–Crippen MR) is 81.4 cm³/mol. The molecule has 2 rings (SSSR count). The predicted octanol–water partition coefficient (Wildman–Crippen LogP) is 2.46. The fourth-order valence-electron chi connectivity index (χ4n) is 2.49. The molecule has 1 amide bonds. The molecule has 1 aliphatic rings. The third-order valence-corrected chi connectivity index (χ3v) is 4.12. The number of hydrogen-bond acceptors (Lipinski definition) is 3. The standard InChI is InChI=1S/C15H18BrNO4/c1-10-2-3-11(16)8-13(10)15(20)17(9-14(18)19)12-4-6-21-7-5-12/h2-3,8,12H,4-7,9H2,1H3,(H,18,19). The zero-order valence-corrected chi connectivity index (χ0v) is 13.4. The van der Waals surface area contributed by atoms with E-state index < -0.39 is 5.97 Å². The average Bonchev–Trinajstić information content (AvgIpc) is 2.47. The summed E-state index contributed by atoms with van der Waals surface area (Å²) in [6.45, 7) is 2.69. The zero-order chi connectivity index (χ0) is 15.4. The van der Waals surface area contributed by atoms with Crippen molar-refractivity contribution in [1.82, 2.24) is 4.90 Å². The van der Waals surface area contributed by atoms with Gasteiger partial charge in [0.1, 0.15) is 6.54 Å². The number of aliphatic carboxylic acids is 1. The molecule has 0 aliphatic carbocycles. The molecule has 1 N–H and O–H groups in total. The molecule has 0 atom stereocenters. The molecule has 1 aromatic carbocycles. The van der Waals surface area contributed by atoms with Crippen molar-refractivity contribution >= 4 is 27.8 Å². The lowest BCUT2D eigenvalue weighted by molar-refractivity contribution is -0.138. The minimum Gasteiger partial charge on any atom is -0.480 e. The van der Waals surface area contributed by atoms with Crippen LogP contribution in [0.1, 0.15) is 28.8 Å². The van der Waals surface area contributed by atoms with Crippen LogP contribution in [0.5, 0.6) is 0 Å². The van der Waals surface area contributed by atoms with Crippen molar-refractivity contribution in [1.29, 1.82) is 0 Å². The molecule has 1 fully saturated rings. The van der Waals surface area contributed by atoms with Crippen LogP contribution in [0.2, 0.25) is 0 Å². The summed E-state index contributed by atoms with van der Waals surface area (Å²) in [5, 5.41) is 9.10. The first-order chi connectivity index (χ1) is 9.99. The van der Waals surface area contributed by atoms with Gasteiger partial charge >= 0.3 is 5.97 Å². The van der Waals surface area contributed by atoms with Crippen LogP contribution in [-0.4, -0.2) is 47.7 Å². The van der Waals surface area contributed by atoms with Crippen molar-refractivity contribution in [3.63, 3.8) is 0 Å². The fraction of sp³-hybridized carbons (Fsp3) is 0.467. The minimum absolute atomic E-state index is 0.0827. The largest absolute Gasteiger partial charge is 0.480 e. The number of benzene rings is 1. The minimum atomic E-state index is -0.998. The highest BCUT2D eigenvalue weighted by Gasteiger charge is 2.29. The molecule has 114 valence electrons. The van der Waals surface area contributed by atoms with Crippen LogP contribution >= 0.6 is 15.9 Å². The summed E-state index contributed by atoms with van der Waals surface area (Å²) >= 11 is 3.35. The van der Waals surface area contributed by atoms with E-state index >= 15 is 0 Å². The molecule has 1 aromatic rings. The molecule has 1 aliphatic heterocycles. The van der Waals surface area contributed by atoms with Crippen molar-refractivity contribution in [2.24, 2.45) is 0 Å². The number of carboxylic acid groups (broad SMARTS) is 1. The summed E-state index contributed by atoms with van der Waals surface area (Å²) in [6.07, 6.45) is 1.35. The summed E-state index contributed by atoms with van der Waals surface area (Å²) < 4.78 is 6.09. The Kier molecular flexibility index (Phi) is 5.36. The van der Waals surface area contributed by atoms with Gasteiger partial charge in [-0.15, -0.1) is 0 Å². The number of carbonyl (C=O) groups is 2. The smallest absolute Gasteiger partial charge is 0.323 e. The van der Waals surface area contributed by atoms with E-state index in [1.807, 2.05) is 19.1 Å². The Morgan fingerprint density at radius 1 is 1.38 bits per heavy atom. The Morgan fingerprint density at radius 2 is 2.05 bits per heavy atom. The van der Waals surface area contributed by atoms with Crippen LogP contribution in [0.25, 0.3) is 0 Å². The molecule has 0 radical (unpaired) electrons. The molecule has 1 heterocycles. The molecular weight excluding hydrogens is 338 g/mol. The summed E-state index contributed by atoms with van der Waals surface area (Å²) in [6, 6.07) is 5.37. The van der Waals surface area contributed by atoms with Gasteiger partial charge in [-0.3, -0.25) is 9.59 Å². The number of rotatable bonds is 4. The second-order valence-corrected chi connectivity index (χ2v) is 6.05. The van der Waals surface area contributed by atoms with Crippen LogP contribution in [0.15, 0.2) is 22.7 Å². The molecule has 1 saturated heterocycles.